The van der Waals surface area contributed by atoms with Gasteiger partial charge in [0.15, 0.2) is 0 Å². The first kappa shape index (κ1) is 15.9. The van der Waals surface area contributed by atoms with Crippen LogP contribution in [0.4, 0.5) is 5.69 Å². The first-order valence-corrected chi connectivity index (χ1v) is 7.85. The van der Waals surface area contributed by atoms with Gasteiger partial charge in [0.2, 0.25) is 0 Å². The van der Waals surface area contributed by atoms with Crippen molar-refractivity contribution in [1.82, 2.24) is 5.32 Å². The SMILES string of the molecule is CC1(C)CCCCC1NC(=O)c1ccc(Br)c([N+](=O)[O-])c1. The van der Waals surface area contributed by atoms with E-state index in [1.54, 1.807) is 12.1 Å². The molecule has 6 heteroatoms. The molecule has 0 aromatic heterocycles. The number of amides is 1. The van der Waals surface area contributed by atoms with Crippen LogP contribution in [0.2, 0.25) is 0 Å². The Bertz CT molecular complexity index is 572. The number of rotatable bonds is 3. The molecule has 1 unspecified atom stereocenters. The first-order chi connectivity index (χ1) is 9.81. The van der Waals surface area contributed by atoms with E-state index < -0.39 is 4.92 Å². The largest absolute Gasteiger partial charge is 0.349 e. The van der Waals surface area contributed by atoms with Crippen LogP contribution in [-0.2, 0) is 0 Å². The summed E-state index contributed by atoms with van der Waals surface area (Å²) in [5.41, 5.74) is 0.298. The topological polar surface area (TPSA) is 72.2 Å². The molecule has 2 rings (SSSR count). The molecule has 0 radical (unpaired) electrons. The number of carbonyl (C=O) groups is 1. The van der Waals surface area contributed by atoms with Crippen molar-refractivity contribution in [3.63, 3.8) is 0 Å². The maximum Gasteiger partial charge on any atom is 0.284 e. The van der Waals surface area contributed by atoms with Crippen LogP contribution in [0.15, 0.2) is 22.7 Å². The Labute approximate surface area is 132 Å². The molecule has 0 heterocycles. The van der Waals surface area contributed by atoms with Gasteiger partial charge in [0.25, 0.3) is 11.6 Å². The van der Waals surface area contributed by atoms with Crippen LogP contribution in [0.25, 0.3) is 0 Å². The number of nitro groups is 1. The summed E-state index contributed by atoms with van der Waals surface area (Å²) in [4.78, 5) is 22.8. The van der Waals surface area contributed by atoms with Gasteiger partial charge in [-0.3, -0.25) is 14.9 Å². The summed E-state index contributed by atoms with van der Waals surface area (Å²) in [6.07, 6.45) is 4.33. The highest BCUT2D eigenvalue weighted by Crippen LogP contribution is 2.35. The lowest BCUT2D eigenvalue weighted by atomic mass is 9.73. The van der Waals surface area contributed by atoms with Crippen LogP contribution >= 0.6 is 15.9 Å². The lowest BCUT2D eigenvalue weighted by Gasteiger charge is -2.39. The molecule has 0 spiro atoms. The van der Waals surface area contributed by atoms with Crippen molar-refractivity contribution in [1.29, 1.82) is 0 Å². The van der Waals surface area contributed by atoms with Crippen molar-refractivity contribution in [2.75, 3.05) is 0 Å². The highest BCUT2D eigenvalue weighted by Gasteiger charge is 2.33. The van der Waals surface area contributed by atoms with Gasteiger partial charge in [-0.2, -0.15) is 0 Å². The van der Waals surface area contributed by atoms with Gasteiger partial charge in [-0.25, -0.2) is 0 Å². The standard InChI is InChI=1S/C15H19BrN2O3/c1-15(2)8-4-3-5-13(15)17-14(19)10-6-7-11(16)12(9-10)18(20)21/h6-7,9,13H,3-5,8H2,1-2H3,(H,17,19). The third kappa shape index (κ3) is 3.61. The molecule has 0 bridgehead atoms. The van der Waals surface area contributed by atoms with Crippen molar-refractivity contribution >= 4 is 27.5 Å². The van der Waals surface area contributed by atoms with Crippen LogP contribution in [0.1, 0.15) is 49.9 Å². The zero-order valence-corrected chi connectivity index (χ0v) is 13.8. The second-order valence-corrected chi connectivity index (χ2v) is 7.04. The molecule has 114 valence electrons. The fourth-order valence-corrected chi connectivity index (χ4v) is 3.19. The number of nitro benzene ring substituents is 1. The Morgan fingerprint density at radius 2 is 2.14 bits per heavy atom. The van der Waals surface area contributed by atoms with Gasteiger partial charge >= 0.3 is 0 Å². The molecule has 1 N–H and O–H groups in total. The third-order valence-corrected chi connectivity index (χ3v) is 4.89. The average molecular weight is 355 g/mol. The van der Waals surface area contributed by atoms with Gasteiger partial charge in [0.05, 0.1) is 9.40 Å². The Morgan fingerprint density at radius 1 is 1.43 bits per heavy atom. The van der Waals surface area contributed by atoms with Crippen LogP contribution in [0.5, 0.6) is 0 Å². The minimum Gasteiger partial charge on any atom is -0.349 e. The van der Waals surface area contributed by atoms with Gasteiger partial charge in [-0.15, -0.1) is 0 Å². The highest BCUT2D eigenvalue weighted by molar-refractivity contribution is 9.10. The maximum absolute atomic E-state index is 12.3. The maximum atomic E-state index is 12.3. The predicted octanol–water partition coefficient (Wildman–Crippen LogP) is 4.06. The van der Waals surface area contributed by atoms with E-state index >= 15 is 0 Å². The number of nitrogens with one attached hydrogen (secondary N) is 1. The molecular weight excluding hydrogens is 336 g/mol. The van der Waals surface area contributed by atoms with Gasteiger partial charge in [-0.05, 0) is 46.3 Å². The third-order valence-electron chi connectivity index (χ3n) is 4.22. The van der Waals surface area contributed by atoms with Gasteiger partial charge in [0, 0.05) is 17.7 Å². The van der Waals surface area contributed by atoms with Gasteiger partial charge in [0.1, 0.15) is 0 Å². The highest BCUT2D eigenvalue weighted by atomic mass is 79.9. The molecule has 1 aromatic rings. The second kappa shape index (κ2) is 6.13. The van der Waals surface area contributed by atoms with Crippen molar-refractivity contribution < 1.29 is 9.72 Å². The van der Waals surface area contributed by atoms with Gasteiger partial charge in [-0.1, -0.05) is 26.7 Å². The molecule has 1 aliphatic carbocycles. The fraction of sp³-hybridized carbons (Fsp3) is 0.533. The number of nitrogens with zero attached hydrogens (tertiary/aromatic N) is 1. The van der Waals surface area contributed by atoms with E-state index in [-0.39, 0.29) is 23.1 Å². The minimum atomic E-state index is -0.495. The molecule has 5 nitrogen and oxygen atoms in total. The van der Waals surface area contributed by atoms with Crippen LogP contribution in [0.3, 0.4) is 0 Å². The molecule has 1 atom stereocenters. The molecular formula is C15H19BrN2O3. The van der Waals surface area contributed by atoms with Crippen molar-refractivity contribution in [2.45, 2.75) is 45.6 Å². The first-order valence-electron chi connectivity index (χ1n) is 7.06. The Kier molecular flexibility index (Phi) is 4.66. The predicted molar refractivity (Wildman–Crippen MR) is 84.3 cm³/mol. The van der Waals surface area contributed by atoms with E-state index in [1.807, 2.05) is 0 Å². The van der Waals surface area contributed by atoms with E-state index in [0.29, 0.717) is 10.0 Å². The fourth-order valence-electron chi connectivity index (χ4n) is 2.80. The molecule has 1 aromatic carbocycles. The van der Waals surface area contributed by atoms with E-state index in [2.05, 4.69) is 35.1 Å². The Hall–Kier alpha value is -1.43. The molecule has 1 aliphatic rings. The lowest BCUT2D eigenvalue weighted by Crippen LogP contribution is -2.46. The van der Waals surface area contributed by atoms with E-state index in [9.17, 15) is 14.9 Å². The molecule has 0 aliphatic heterocycles. The summed E-state index contributed by atoms with van der Waals surface area (Å²) in [6.45, 7) is 4.31. The molecule has 1 fully saturated rings. The average Bonchev–Trinajstić information content (AvgIpc) is 2.41. The van der Waals surface area contributed by atoms with Crippen molar-refractivity contribution in [3.8, 4) is 0 Å². The van der Waals surface area contributed by atoms with Crippen LogP contribution in [-0.4, -0.2) is 16.9 Å². The molecule has 0 saturated heterocycles. The summed E-state index contributed by atoms with van der Waals surface area (Å²) in [5.74, 6) is -0.245. The number of hydrogen-bond acceptors (Lipinski definition) is 3. The summed E-state index contributed by atoms with van der Waals surface area (Å²) < 4.78 is 0.377. The van der Waals surface area contributed by atoms with E-state index in [4.69, 9.17) is 0 Å². The quantitative estimate of drug-likeness (QED) is 0.657. The minimum absolute atomic E-state index is 0.0647. The molecule has 21 heavy (non-hydrogen) atoms. The van der Waals surface area contributed by atoms with Crippen molar-refractivity contribution in [2.24, 2.45) is 5.41 Å². The van der Waals surface area contributed by atoms with Crippen LogP contribution < -0.4 is 5.32 Å². The zero-order chi connectivity index (χ0) is 15.6. The number of halogens is 1. The monoisotopic (exact) mass is 354 g/mol. The van der Waals surface area contributed by atoms with E-state index in [1.165, 1.54) is 12.5 Å². The number of carbonyl (C=O) groups excluding carboxylic acids is 1. The Balaban J connectivity index is 2.17. The Morgan fingerprint density at radius 3 is 2.76 bits per heavy atom. The number of hydrogen-bond donors (Lipinski definition) is 1. The summed E-state index contributed by atoms with van der Waals surface area (Å²) >= 11 is 3.12. The van der Waals surface area contributed by atoms with E-state index in [0.717, 1.165) is 19.3 Å². The molecule has 1 saturated carbocycles. The summed E-state index contributed by atoms with van der Waals surface area (Å²) in [7, 11) is 0. The van der Waals surface area contributed by atoms with Gasteiger partial charge < -0.3 is 5.32 Å². The number of benzene rings is 1. The lowest BCUT2D eigenvalue weighted by molar-refractivity contribution is -0.385. The zero-order valence-electron chi connectivity index (χ0n) is 12.2. The summed E-state index contributed by atoms with van der Waals surface area (Å²) in [6, 6.07) is 4.57. The smallest absolute Gasteiger partial charge is 0.284 e. The van der Waals surface area contributed by atoms with Crippen LogP contribution in [0, 0.1) is 15.5 Å². The normalized spacial score (nSPS) is 20.8. The summed E-state index contributed by atoms with van der Waals surface area (Å²) in [5, 5.41) is 14.0. The van der Waals surface area contributed by atoms with Crippen molar-refractivity contribution in [3.05, 3.63) is 38.3 Å². The molecule has 1 amide bonds. The second-order valence-electron chi connectivity index (χ2n) is 6.18.